The van der Waals surface area contributed by atoms with Crippen molar-refractivity contribution in [2.75, 3.05) is 46.4 Å². The molecule has 0 radical (unpaired) electrons. The first-order valence-corrected chi connectivity index (χ1v) is 17.2. The van der Waals surface area contributed by atoms with E-state index in [-0.39, 0.29) is 36.2 Å². The van der Waals surface area contributed by atoms with Gasteiger partial charge in [0, 0.05) is 50.5 Å². The molecule has 1 spiro atoms. The molecular formula is C39H45FN6O4. The molecule has 1 atom stereocenters. The van der Waals surface area contributed by atoms with E-state index in [1.165, 1.54) is 11.6 Å². The molecule has 0 saturated carbocycles. The molecule has 11 heteroatoms. The molecule has 3 aromatic rings. The largest absolute Gasteiger partial charge is 0.473 e. The van der Waals surface area contributed by atoms with Crippen molar-refractivity contribution in [2.45, 2.75) is 57.8 Å². The Morgan fingerprint density at radius 2 is 2.02 bits per heavy atom. The third kappa shape index (κ3) is 8.56. The van der Waals surface area contributed by atoms with Crippen molar-refractivity contribution in [1.29, 1.82) is 5.26 Å². The monoisotopic (exact) mass is 680 g/mol. The minimum absolute atomic E-state index is 0.0343. The van der Waals surface area contributed by atoms with Crippen LogP contribution in [0, 0.1) is 22.6 Å². The number of ether oxygens (including phenoxy) is 2. The predicted molar refractivity (Wildman–Crippen MR) is 190 cm³/mol. The number of rotatable bonds is 12. The maximum atomic E-state index is 14.3. The molecule has 1 unspecified atom stereocenters. The Kier molecular flexibility index (Phi) is 10.6. The predicted octanol–water partition coefficient (Wildman–Crippen LogP) is 5.49. The van der Waals surface area contributed by atoms with Gasteiger partial charge in [0.1, 0.15) is 18.3 Å². The van der Waals surface area contributed by atoms with Gasteiger partial charge >= 0.3 is 0 Å². The van der Waals surface area contributed by atoms with E-state index in [4.69, 9.17) is 24.7 Å². The van der Waals surface area contributed by atoms with Gasteiger partial charge in [-0.25, -0.2) is 14.4 Å². The topological polar surface area (TPSA) is 123 Å². The number of benzene rings is 2. The number of amidine groups is 1. The lowest BCUT2D eigenvalue weighted by molar-refractivity contribution is -0.0577. The van der Waals surface area contributed by atoms with Crippen LogP contribution in [0.2, 0.25) is 0 Å². The Labute approximate surface area is 293 Å². The van der Waals surface area contributed by atoms with Gasteiger partial charge in [0.2, 0.25) is 5.88 Å². The number of aromatic nitrogens is 1. The molecule has 1 aliphatic carbocycles. The summed E-state index contributed by atoms with van der Waals surface area (Å²) in [6.45, 7) is 7.70. The number of carbonyl (C=O) groups excluding carboxylic acids is 1. The van der Waals surface area contributed by atoms with Crippen molar-refractivity contribution in [3.63, 3.8) is 0 Å². The lowest BCUT2D eigenvalue weighted by Gasteiger charge is -2.52. The zero-order valence-corrected chi connectivity index (χ0v) is 29.0. The molecule has 262 valence electrons. The first-order valence-electron chi connectivity index (χ1n) is 17.2. The molecule has 2 fully saturated rings. The van der Waals surface area contributed by atoms with Crippen molar-refractivity contribution >= 4 is 23.0 Å². The summed E-state index contributed by atoms with van der Waals surface area (Å²) >= 11 is 0. The molecule has 2 saturated heterocycles. The SMILES string of the molecule is CN(CC1CCO1)C(CN1CC2(CC=C(c3cccc(OCc4ccc(C#N)cc4F)n3)CC2)C1)=Nc1ccc(C(=O)NC(C)(C)CO)cc1. The quantitative estimate of drug-likeness (QED) is 0.190. The number of hydrogen-bond acceptors (Lipinski definition) is 8. The van der Waals surface area contributed by atoms with Crippen LogP contribution in [0.15, 0.2) is 71.7 Å². The molecule has 50 heavy (non-hydrogen) atoms. The summed E-state index contributed by atoms with van der Waals surface area (Å²) in [6.07, 6.45) is 6.52. The number of allylic oxidation sites excluding steroid dienone is 2. The van der Waals surface area contributed by atoms with E-state index in [9.17, 15) is 14.3 Å². The fourth-order valence-corrected chi connectivity index (χ4v) is 6.57. The number of hydrogen-bond donors (Lipinski definition) is 2. The smallest absolute Gasteiger partial charge is 0.251 e. The number of likely N-dealkylation sites (tertiary alicyclic amines) is 1. The number of nitrogens with one attached hydrogen (secondary N) is 1. The number of amides is 1. The normalized spacial score (nSPS) is 18.8. The van der Waals surface area contributed by atoms with Gasteiger partial charge in [-0.1, -0.05) is 18.2 Å². The second-order valence-corrected chi connectivity index (χ2v) is 14.4. The minimum atomic E-state index is -0.702. The molecule has 3 heterocycles. The second kappa shape index (κ2) is 15.1. The number of halogens is 1. The van der Waals surface area contributed by atoms with Gasteiger partial charge in [0.15, 0.2) is 0 Å². The van der Waals surface area contributed by atoms with Gasteiger partial charge in [-0.15, -0.1) is 0 Å². The molecule has 1 amide bonds. The van der Waals surface area contributed by atoms with Crippen LogP contribution in [-0.2, 0) is 11.3 Å². The number of aliphatic imine (C=N–C) groups is 1. The first kappa shape index (κ1) is 35.2. The molecule has 10 nitrogen and oxygen atoms in total. The van der Waals surface area contributed by atoms with Crippen LogP contribution in [0.4, 0.5) is 10.1 Å². The number of nitrogens with zero attached hydrogens (tertiary/aromatic N) is 5. The molecule has 2 N–H and O–H groups in total. The summed E-state index contributed by atoms with van der Waals surface area (Å²) in [5.74, 6) is 0.701. The van der Waals surface area contributed by atoms with E-state index >= 15 is 0 Å². The number of pyridine rings is 1. The number of aliphatic hydroxyl groups excluding tert-OH is 1. The van der Waals surface area contributed by atoms with Crippen LogP contribution in [-0.4, -0.2) is 89.7 Å². The molecule has 3 aliphatic rings. The van der Waals surface area contributed by atoms with E-state index in [1.807, 2.05) is 30.3 Å². The maximum Gasteiger partial charge on any atom is 0.251 e. The Balaban J connectivity index is 1.06. The van der Waals surface area contributed by atoms with Crippen LogP contribution in [0.1, 0.15) is 66.7 Å². The molecule has 1 aromatic heterocycles. The summed E-state index contributed by atoms with van der Waals surface area (Å²) in [6, 6.07) is 19.2. The van der Waals surface area contributed by atoms with Crippen molar-refractivity contribution in [3.8, 4) is 11.9 Å². The van der Waals surface area contributed by atoms with Gasteiger partial charge in [0.05, 0.1) is 47.8 Å². The zero-order valence-electron chi connectivity index (χ0n) is 29.0. The van der Waals surface area contributed by atoms with Gasteiger partial charge in [0.25, 0.3) is 5.91 Å². The van der Waals surface area contributed by atoms with Gasteiger partial charge < -0.3 is 24.8 Å². The van der Waals surface area contributed by atoms with Crippen molar-refractivity contribution in [3.05, 3.63) is 94.9 Å². The van der Waals surface area contributed by atoms with Crippen molar-refractivity contribution in [1.82, 2.24) is 20.1 Å². The third-order valence-electron chi connectivity index (χ3n) is 9.75. The highest BCUT2D eigenvalue weighted by Gasteiger charge is 2.44. The van der Waals surface area contributed by atoms with Crippen LogP contribution in [0.3, 0.4) is 0 Å². The Morgan fingerprint density at radius 3 is 2.66 bits per heavy atom. The highest BCUT2D eigenvalue weighted by Crippen LogP contribution is 2.45. The lowest BCUT2D eigenvalue weighted by Crippen LogP contribution is -2.59. The first-order chi connectivity index (χ1) is 24.0. The average Bonchev–Trinajstić information content (AvgIpc) is 3.08. The van der Waals surface area contributed by atoms with E-state index in [2.05, 4.69) is 28.2 Å². The zero-order chi connectivity index (χ0) is 35.3. The van der Waals surface area contributed by atoms with Crippen LogP contribution >= 0.6 is 0 Å². The average molecular weight is 681 g/mol. The van der Waals surface area contributed by atoms with E-state index in [0.29, 0.717) is 17.0 Å². The number of nitriles is 1. The Hall–Kier alpha value is -4.63. The van der Waals surface area contributed by atoms with E-state index in [1.54, 1.807) is 44.2 Å². The van der Waals surface area contributed by atoms with Gasteiger partial charge in [-0.2, -0.15) is 5.26 Å². The Morgan fingerprint density at radius 1 is 1.24 bits per heavy atom. The molecule has 2 aliphatic heterocycles. The van der Waals surface area contributed by atoms with Crippen molar-refractivity contribution in [2.24, 2.45) is 10.4 Å². The third-order valence-corrected chi connectivity index (χ3v) is 9.75. The summed E-state index contributed by atoms with van der Waals surface area (Å²) in [5.41, 5.74) is 3.55. The standard InChI is InChI=1S/C39H45FN6O4/c1-38(2,26-47)44-37(48)29-9-11-31(12-10-29)42-35(45(3)21-32-15-18-49-32)22-46-24-39(25-46)16-13-28(14-17-39)34-5-4-6-36(43-34)50-23-30-8-7-27(20-41)19-33(30)40/h4-13,19,32,47H,14-18,21-26H2,1-3H3,(H,44,48). The summed E-state index contributed by atoms with van der Waals surface area (Å²) in [5, 5.41) is 21.3. The lowest BCUT2D eigenvalue weighted by atomic mass is 9.69. The van der Waals surface area contributed by atoms with Crippen LogP contribution in [0.5, 0.6) is 5.88 Å². The summed E-state index contributed by atoms with van der Waals surface area (Å²) in [4.78, 5) is 27.0. The Bertz CT molecular complexity index is 1790. The van der Waals surface area contributed by atoms with Gasteiger partial charge in [-0.3, -0.25) is 9.69 Å². The molecule has 0 bridgehead atoms. The van der Waals surface area contributed by atoms with E-state index in [0.717, 1.165) is 75.7 Å². The number of likely N-dealkylation sites (N-methyl/N-ethyl adjacent to an activating group) is 1. The molecule has 6 rings (SSSR count). The fourth-order valence-electron chi connectivity index (χ4n) is 6.57. The molecule has 2 aromatic carbocycles. The number of carbonyl (C=O) groups is 1. The minimum Gasteiger partial charge on any atom is -0.473 e. The summed E-state index contributed by atoms with van der Waals surface area (Å²) in [7, 11) is 2.07. The summed E-state index contributed by atoms with van der Waals surface area (Å²) < 4.78 is 25.8. The van der Waals surface area contributed by atoms with Crippen LogP contribution < -0.4 is 10.1 Å². The fraction of sp³-hybridized carbons (Fsp3) is 0.436. The molecular weight excluding hydrogens is 635 g/mol. The van der Waals surface area contributed by atoms with Crippen molar-refractivity contribution < 1.29 is 23.8 Å². The van der Waals surface area contributed by atoms with E-state index < -0.39 is 11.4 Å². The highest BCUT2D eigenvalue weighted by molar-refractivity contribution is 5.95. The van der Waals surface area contributed by atoms with Gasteiger partial charge in [-0.05, 0) is 93.0 Å². The number of aliphatic hydroxyl groups is 1. The van der Waals surface area contributed by atoms with Crippen LogP contribution in [0.25, 0.3) is 5.57 Å². The highest BCUT2D eigenvalue weighted by atomic mass is 19.1. The maximum absolute atomic E-state index is 14.3. The second-order valence-electron chi connectivity index (χ2n) is 14.4.